The van der Waals surface area contributed by atoms with E-state index in [1.807, 2.05) is 26.0 Å². The van der Waals surface area contributed by atoms with Gasteiger partial charge in [-0.25, -0.2) is 9.83 Å². The molecule has 0 saturated heterocycles. The third kappa shape index (κ3) is 1.89. The Kier molecular flexibility index (Phi) is 2.61. The molecule has 0 aliphatic heterocycles. The minimum Gasteiger partial charge on any atom is -0.262 e. The van der Waals surface area contributed by atoms with E-state index in [9.17, 15) is 0 Å². The monoisotopic (exact) mass is 210 g/mol. The van der Waals surface area contributed by atoms with Crippen LogP contribution in [0.3, 0.4) is 0 Å². The molecule has 16 heavy (non-hydrogen) atoms. The molecule has 0 saturated carbocycles. The fourth-order valence-corrected chi connectivity index (χ4v) is 1.45. The van der Waals surface area contributed by atoms with Gasteiger partial charge in [0.25, 0.3) is 0 Å². The van der Waals surface area contributed by atoms with Gasteiger partial charge < -0.3 is 0 Å². The van der Waals surface area contributed by atoms with Gasteiger partial charge >= 0.3 is 0 Å². The highest BCUT2D eigenvalue weighted by Gasteiger charge is 2.08. The van der Waals surface area contributed by atoms with E-state index in [4.69, 9.17) is 6.57 Å². The van der Waals surface area contributed by atoms with Crippen LogP contribution in [-0.4, -0.2) is 15.0 Å². The molecule has 0 radical (unpaired) electrons. The van der Waals surface area contributed by atoms with Gasteiger partial charge in [0.15, 0.2) is 0 Å². The average Bonchev–Trinajstić information content (AvgIpc) is 2.29. The predicted molar refractivity (Wildman–Crippen MR) is 61.0 cm³/mol. The van der Waals surface area contributed by atoms with Gasteiger partial charge in [0.2, 0.25) is 5.69 Å². The highest BCUT2D eigenvalue weighted by molar-refractivity contribution is 5.74. The van der Waals surface area contributed by atoms with Crippen LogP contribution in [0.25, 0.3) is 16.1 Å². The van der Waals surface area contributed by atoms with Crippen LogP contribution in [0.5, 0.6) is 0 Å². The van der Waals surface area contributed by atoms with Gasteiger partial charge in [-0.3, -0.25) is 9.97 Å². The van der Waals surface area contributed by atoms with Gasteiger partial charge in [0.1, 0.15) is 5.82 Å². The largest absolute Gasteiger partial charge is 0.262 e. The Labute approximate surface area is 93.8 Å². The lowest BCUT2D eigenvalue weighted by molar-refractivity contribution is 1.06. The molecule has 0 fully saturated rings. The topological polar surface area (TPSA) is 43.0 Å². The summed E-state index contributed by atoms with van der Waals surface area (Å²) < 4.78 is 0. The number of hydrogen-bond donors (Lipinski definition) is 0. The standard InChI is InChI=1S/C12H10N4/c1-8-6-10(4-5-14-8)12-11(13-3)7-15-9(2)16-12/h4-7H,1-2H3. The van der Waals surface area contributed by atoms with Crippen molar-refractivity contribution in [2.45, 2.75) is 13.8 Å². The van der Waals surface area contributed by atoms with E-state index in [1.165, 1.54) is 0 Å². The molecule has 2 heterocycles. The molecule has 0 aliphatic carbocycles. The summed E-state index contributed by atoms with van der Waals surface area (Å²) >= 11 is 0. The minimum absolute atomic E-state index is 0.469. The molecule has 0 amide bonds. The average molecular weight is 210 g/mol. The molecule has 0 bridgehead atoms. The van der Waals surface area contributed by atoms with E-state index in [0.29, 0.717) is 17.2 Å². The smallest absolute Gasteiger partial charge is 0.230 e. The number of aromatic nitrogens is 3. The van der Waals surface area contributed by atoms with E-state index in [0.717, 1.165) is 11.3 Å². The van der Waals surface area contributed by atoms with Gasteiger partial charge in [0, 0.05) is 18.1 Å². The lowest BCUT2D eigenvalue weighted by Crippen LogP contribution is -1.91. The second-order valence-corrected chi connectivity index (χ2v) is 3.45. The third-order valence-corrected chi connectivity index (χ3v) is 2.18. The van der Waals surface area contributed by atoms with Crippen LogP contribution in [0.15, 0.2) is 24.5 Å². The van der Waals surface area contributed by atoms with Crippen molar-refractivity contribution in [1.82, 2.24) is 15.0 Å². The van der Waals surface area contributed by atoms with Crippen molar-refractivity contribution in [2.24, 2.45) is 0 Å². The molecule has 0 atom stereocenters. The van der Waals surface area contributed by atoms with E-state index < -0.39 is 0 Å². The van der Waals surface area contributed by atoms with E-state index >= 15 is 0 Å². The Morgan fingerprint density at radius 3 is 2.75 bits per heavy atom. The Morgan fingerprint density at radius 1 is 1.25 bits per heavy atom. The maximum Gasteiger partial charge on any atom is 0.230 e. The first-order valence-corrected chi connectivity index (χ1v) is 4.85. The highest BCUT2D eigenvalue weighted by atomic mass is 14.9. The zero-order valence-electron chi connectivity index (χ0n) is 9.10. The summed E-state index contributed by atoms with van der Waals surface area (Å²) in [4.78, 5) is 15.9. The number of aryl methyl sites for hydroxylation is 2. The van der Waals surface area contributed by atoms with E-state index in [2.05, 4.69) is 19.8 Å². The first kappa shape index (κ1) is 10.2. The molecular formula is C12H10N4. The number of nitrogens with zero attached hydrogens (tertiary/aromatic N) is 4. The molecule has 0 aliphatic rings. The molecule has 0 spiro atoms. The van der Waals surface area contributed by atoms with Crippen molar-refractivity contribution in [3.05, 3.63) is 47.5 Å². The van der Waals surface area contributed by atoms with Crippen LogP contribution in [0.2, 0.25) is 0 Å². The van der Waals surface area contributed by atoms with Crippen molar-refractivity contribution in [3.63, 3.8) is 0 Å². The summed E-state index contributed by atoms with van der Waals surface area (Å²) in [5.74, 6) is 0.664. The Morgan fingerprint density at radius 2 is 2.06 bits per heavy atom. The summed E-state index contributed by atoms with van der Waals surface area (Å²) in [6.45, 7) is 10.8. The maximum atomic E-state index is 7.09. The van der Waals surface area contributed by atoms with Crippen LogP contribution in [-0.2, 0) is 0 Å². The molecule has 4 nitrogen and oxygen atoms in total. The summed E-state index contributed by atoms with van der Waals surface area (Å²) in [6, 6.07) is 3.76. The Hall–Kier alpha value is -2.28. The van der Waals surface area contributed by atoms with Crippen LogP contribution in [0.1, 0.15) is 11.5 Å². The fourth-order valence-electron chi connectivity index (χ4n) is 1.45. The molecule has 4 heteroatoms. The molecule has 0 aromatic carbocycles. The normalized spacial score (nSPS) is 9.81. The van der Waals surface area contributed by atoms with Crippen molar-refractivity contribution >= 4 is 5.69 Å². The molecule has 0 unspecified atom stereocenters. The van der Waals surface area contributed by atoms with Gasteiger partial charge in [-0.05, 0) is 31.5 Å². The first-order chi connectivity index (χ1) is 7.70. The second kappa shape index (κ2) is 4.07. The second-order valence-electron chi connectivity index (χ2n) is 3.45. The SMILES string of the molecule is [C-]#[N+]c1cnc(C)nc1-c1ccnc(C)c1. The van der Waals surface area contributed by atoms with Crippen LogP contribution in [0, 0.1) is 20.4 Å². The lowest BCUT2D eigenvalue weighted by atomic mass is 10.1. The number of hydrogen-bond acceptors (Lipinski definition) is 3. The van der Waals surface area contributed by atoms with Gasteiger partial charge in [-0.15, -0.1) is 0 Å². The van der Waals surface area contributed by atoms with Crippen LogP contribution < -0.4 is 0 Å². The zero-order chi connectivity index (χ0) is 11.5. The van der Waals surface area contributed by atoms with Gasteiger partial charge in [-0.1, -0.05) is 0 Å². The molecule has 2 rings (SSSR count). The highest BCUT2D eigenvalue weighted by Crippen LogP contribution is 2.27. The minimum atomic E-state index is 0.469. The molecule has 2 aromatic heterocycles. The fraction of sp³-hybridized carbons (Fsp3) is 0.167. The summed E-state index contributed by atoms with van der Waals surface area (Å²) in [5, 5.41) is 0. The van der Waals surface area contributed by atoms with Crippen LogP contribution in [0.4, 0.5) is 5.69 Å². The van der Waals surface area contributed by atoms with E-state index in [1.54, 1.807) is 12.4 Å². The molecule has 78 valence electrons. The summed E-state index contributed by atoms with van der Waals surface area (Å²) in [6.07, 6.45) is 3.27. The lowest BCUT2D eigenvalue weighted by Gasteiger charge is -2.04. The van der Waals surface area contributed by atoms with Gasteiger partial charge in [-0.2, -0.15) is 0 Å². The Bertz CT molecular complexity index is 569. The van der Waals surface area contributed by atoms with Crippen LogP contribution >= 0.6 is 0 Å². The van der Waals surface area contributed by atoms with Crippen molar-refractivity contribution in [1.29, 1.82) is 0 Å². The zero-order valence-corrected chi connectivity index (χ0v) is 9.10. The van der Waals surface area contributed by atoms with Crippen molar-refractivity contribution in [3.8, 4) is 11.3 Å². The summed E-state index contributed by atoms with van der Waals surface area (Å²) in [7, 11) is 0. The number of rotatable bonds is 1. The molecular weight excluding hydrogens is 200 g/mol. The molecule has 2 aromatic rings. The first-order valence-electron chi connectivity index (χ1n) is 4.85. The third-order valence-electron chi connectivity index (χ3n) is 2.18. The summed E-state index contributed by atoms with van der Waals surface area (Å²) in [5.41, 5.74) is 2.96. The van der Waals surface area contributed by atoms with Crippen molar-refractivity contribution < 1.29 is 0 Å². The number of pyridine rings is 1. The van der Waals surface area contributed by atoms with Crippen molar-refractivity contribution in [2.75, 3.05) is 0 Å². The van der Waals surface area contributed by atoms with Gasteiger partial charge in [0.05, 0.1) is 12.3 Å². The predicted octanol–water partition coefficient (Wildman–Crippen LogP) is 2.71. The Balaban J connectivity index is 2.64. The molecule has 0 N–H and O–H groups in total. The maximum absolute atomic E-state index is 7.09. The quantitative estimate of drug-likeness (QED) is 0.679. The van der Waals surface area contributed by atoms with E-state index in [-0.39, 0.29) is 0 Å².